The summed E-state index contributed by atoms with van der Waals surface area (Å²) in [4.78, 5) is 12.0. The minimum Gasteiger partial charge on any atom is -0.345 e. The molecule has 1 rings (SSSR count). The van der Waals surface area contributed by atoms with Crippen LogP contribution in [0.2, 0.25) is 0 Å². The number of likely N-dealkylation sites (tertiary alicyclic amines) is 1. The van der Waals surface area contributed by atoms with E-state index < -0.39 is 5.67 Å². The maximum atomic E-state index is 13.7. The zero-order valence-electron chi connectivity index (χ0n) is 7.55. The minimum atomic E-state index is -0.992. The number of nitrogens with zero attached hydrogens (tertiary/aromatic N) is 1. The maximum absolute atomic E-state index is 13.7. The normalized spacial score (nSPS) is 22.3. The summed E-state index contributed by atoms with van der Waals surface area (Å²) >= 11 is 0. The lowest BCUT2D eigenvalue weighted by Gasteiger charge is -2.34. The van der Waals surface area contributed by atoms with E-state index in [1.165, 1.54) is 0 Å². The van der Waals surface area contributed by atoms with Gasteiger partial charge in [-0.2, -0.15) is 0 Å². The monoisotopic (exact) mass is 173 g/mol. The molecule has 12 heavy (non-hydrogen) atoms. The maximum Gasteiger partial charge on any atom is 0.209 e. The molecule has 0 radical (unpaired) electrons. The van der Waals surface area contributed by atoms with Crippen molar-refractivity contribution in [1.29, 1.82) is 0 Å². The van der Waals surface area contributed by atoms with E-state index >= 15 is 0 Å². The van der Waals surface area contributed by atoms with E-state index in [0.717, 1.165) is 12.8 Å². The van der Waals surface area contributed by atoms with Gasteiger partial charge in [0, 0.05) is 13.1 Å². The lowest BCUT2D eigenvalue weighted by atomic mass is 9.89. The molecule has 0 aromatic heterocycles. The van der Waals surface area contributed by atoms with Crippen molar-refractivity contribution < 1.29 is 9.18 Å². The first-order chi connectivity index (χ1) is 5.70. The summed E-state index contributed by atoms with van der Waals surface area (Å²) in [5.41, 5.74) is -0.992. The fourth-order valence-corrected chi connectivity index (χ4v) is 1.73. The lowest BCUT2D eigenvalue weighted by molar-refractivity contribution is -0.120. The van der Waals surface area contributed by atoms with E-state index in [2.05, 4.69) is 0 Å². The molecule has 0 bridgehead atoms. The molecule has 3 heteroatoms. The number of halogens is 1. The van der Waals surface area contributed by atoms with Gasteiger partial charge in [-0.15, -0.1) is 0 Å². The first-order valence-corrected chi connectivity index (χ1v) is 4.58. The van der Waals surface area contributed by atoms with Gasteiger partial charge in [-0.1, -0.05) is 13.3 Å². The van der Waals surface area contributed by atoms with E-state index in [1.54, 1.807) is 4.90 Å². The molecule has 0 aromatic rings. The van der Waals surface area contributed by atoms with Crippen LogP contribution in [0.15, 0.2) is 0 Å². The van der Waals surface area contributed by atoms with Crippen LogP contribution >= 0.6 is 0 Å². The van der Waals surface area contributed by atoms with Gasteiger partial charge in [-0.25, -0.2) is 4.39 Å². The van der Waals surface area contributed by atoms with Gasteiger partial charge in [0.1, 0.15) is 5.67 Å². The third-order valence-corrected chi connectivity index (χ3v) is 2.54. The molecule has 1 saturated heterocycles. The number of piperidine rings is 1. The van der Waals surface area contributed by atoms with Gasteiger partial charge in [0.2, 0.25) is 6.41 Å². The summed E-state index contributed by atoms with van der Waals surface area (Å²) in [5, 5.41) is 0. The SMILES string of the molecule is CCCC1(F)CCN(C=O)CC1. The van der Waals surface area contributed by atoms with E-state index in [1.807, 2.05) is 6.92 Å². The highest BCUT2D eigenvalue weighted by molar-refractivity contribution is 5.47. The van der Waals surface area contributed by atoms with Crippen LogP contribution in [-0.2, 0) is 4.79 Å². The van der Waals surface area contributed by atoms with Crippen LogP contribution < -0.4 is 0 Å². The van der Waals surface area contributed by atoms with Crippen LogP contribution in [0.25, 0.3) is 0 Å². The Balaban J connectivity index is 2.38. The fourth-order valence-electron chi connectivity index (χ4n) is 1.73. The highest BCUT2D eigenvalue weighted by Gasteiger charge is 2.32. The predicted molar refractivity (Wildman–Crippen MR) is 45.6 cm³/mol. The third-order valence-electron chi connectivity index (χ3n) is 2.54. The van der Waals surface area contributed by atoms with Crippen molar-refractivity contribution in [2.45, 2.75) is 38.3 Å². The number of hydrogen-bond acceptors (Lipinski definition) is 1. The second-order valence-electron chi connectivity index (χ2n) is 3.54. The van der Waals surface area contributed by atoms with Crippen molar-refractivity contribution in [1.82, 2.24) is 4.90 Å². The van der Waals surface area contributed by atoms with Crippen molar-refractivity contribution in [3.05, 3.63) is 0 Å². The van der Waals surface area contributed by atoms with E-state index in [-0.39, 0.29) is 0 Å². The molecule has 0 atom stereocenters. The lowest BCUT2D eigenvalue weighted by Crippen LogP contribution is -2.40. The van der Waals surface area contributed by atoms with Gasteiger partial charge in [0.25, 0.3) is 0 Å². The van der Waals surface area contributed by atoms with E-state index in [9.17, 15) is 9.18 Å². The van der Waals surface area contributed by atoms with Crippen molar-refractivity contribution >= 4 is 6.41 Å². The summed E-state index contributed by atoms with van der Waals surface area (Å²) in [6.45, 7) is 3.16. The standard InChI is InChI=1S/C9H16FNO/c1-2-3-9(10)4-6-11(8-12)7-5-9/h8H,2-7H2,1H3. The summed E-state index contributed by atoms with van der Waals surface area (Å²) < 4.78 is 13.7. The summed E-state index contributed by atoms with van der Waals surface area (Å²) in [5.74, 6) is 0. The molecular weight excluding hydrogens is 157 g/mol. The number of rotatable bonds is 3. The average molecular weight is 173 g/mol. The Morgan fingerprint density at radius 2 is 2.08 bits per heavy atom. The predicted octanol–water partition coefficient (Wildman–Crippen LogP) is 1.75. The molecule has 0 unspecified atom stereocenters. The number of hydrogen-bond donors (Lipinski definition) is 0. The van der Waals surface area contributed by atoms with Crippen LogP contribution in [0.5, 0.6) is 0 Å². The van der Waals surface area contributed by atoms with Crippen LogP contribution in [0.4, 0.5) is 4.39 Å². The van der Waals surface area contributed by atoms with Crippen LogP contribution in [0.1, 0.15) is 32.6 Å². The Hall–Kier alpha value is -0.600. The Bertz CT molecular complexity index is 153. The van der Waals surface area contributed by atoms with Crippen LogP contribution in [0.3, 0.4) is 0 Å². The number of carbonyl (C=O) groups is 1. The molecule has 1 aliphatic heterocycles. The number of alkyl halides is 1. The highest BCUT2D eigenvalue weighted by Crippen LogP contribution is 2.30. The minimum absolute atomic E-state index is 0.513. The Kier molecular flexibility index (Phi) is 3.06. The molecule has 0 aromatic carbocycles. The first kappa shape index (κ1) is 9.49. The molecule has 1 heterocycles. The van der Waals surface area contributed by atoms with Gasteiger partial charge in [0.05, 0.1) is 0 Å². The van der Waals surface area contributed by atoms with Gasteiger partial charge >= 0.3 is 0 Å². The molecular formula is C9H16FNO. The molecule has 70 valence electrons. The van der Waals surface area contributed by atoms with Crippen molar-refractivity contribution in [2.24, 2.45) is 0 Å². The van der Waals surface area contributed by atoms with E-state index in [0.29, 0.717) is 32.4 Å². The van der Waals surface area contributed by atoms with Crippen molar-refractivity contribution in [3.63, 3.8) is 0 Å². The second kappa shape index (κ2) is 3.87. The van der Waals surface area contributed by atoms with Gasteiger partial charge in [0.15, 0.2) is 0 Å². The molecule has 1 amide bonds. The quantitative estimate of drug-likeness (QED) is 0.595. The van der Waals surface area contributed by atoms with Crippen LogP contribution in [-0.4, -0.2) is 30.1 Å². The molecule has 1 aliphatic rings. The largest absolute Gasteiger partial charge is 0.345 e. The van der Waals surface area contributed by atoms with Crippen molar-refractivity contribution in [3.8, 4) is 0 Å². The summed E-state index contributed by atoms with van der Waals surface area (Å²) in [6, 6.07) is 0. The molecule has 0 N–H and O–H groups in total. The average Bonchev–Trinajstić information content (AvgIpc) is 2.06. The smallest absolute Gasteiger partial charge is 0.209 e. The third kappa shape index (κ3) is 2.19. The van der Waals surface area contributed by atoms with Gasteiger partial charge < -0.3 is 4.90 Å². The van der Waals surface area contributed by atoms with Crippen molar-refractivity contribution in [2.75, 3.05) is 13.1 Å². The Labute approximate surface area is 72.7 Å². The number of carbonyl (C=O) groups excluding carboxylic acids is 1. The van der Waals surface area contributed by atoms with E-state index in [4.69, 9.17) is 0 Å². The fraction of sp³-hybridized carbons (Fsp3) is 0.889. The van der Waals surface area contributed by atoms with Gasteiger partial charge in [-0.3, -0.25) is 4.79 Å². The molecule has 1 fully saturated rings. The Morgan fingerprint density at radius 1 is 1.50 bits per heavy atom. The van der Waals surface area contributed by atoms with Crippen LogP contribution in [0, 0.1) is 0 Å². The topological polar surface area (TPSA) is 20.3 Å². The Morgan fingerprint density at radius 3 is 2.50 bits per heavy atom. The second-order valence-corrected chi connectivity index (χ2v) is 3.54. The molecule has 2 nitrogen and oxygen atoms in total. The molecule has 0 aliphatic carbocycles. The zero-order chi connectivity index (χ0) is 9.03. The molecule has 0 saturated carbocycles. The first-order valence-electron chi connectivity index (χ1n) is 4.58. The number of amides is 1. The summed E-state index contributed by atoms with van der Waals surface area (Å²) in [6.07, 6.45) is 3.36. The zero-order valence-corrected chi connectivity index (χ0v) is 7.55. The highest BCUT2D eigenvalue weighted by atomic mass is 19.1. The summed E-state index contributed by atoms with van der Waals surface area (Å²) in [7, 11) is 0. The molecule has 0 spiro atoms. The van der Waals surface area contributed by atoms with Gasteiger partial charge in [-0.05, 0) is 19.3 Å².